The molecule has 3 aliphatic rings. The number of benzene rings is 3. The summed E-state index contributed by atoms with van der Waals surface area (Å²) in [5, 5.41) is 3.20. The molecule has 3 fully saturated rings. The molecule has 0 bridgehead atoms. The molecule has 0 aliphatic carbocycles. The van der Waals surface area contributed by atoms with E-state index in [2.05, 4.69) is 46.3 Å². The summed E-state index contributed by atoms with van der Waals surface area (Å²) in [5.74, 6) is -0.0775. The molecular weight excluding hydrogens is 593 g/mol. The van der Waals surface area contributed by atoms with Gasteiger partial charge < -0.3 is 10.1 Å². The minimum Gasteiger partial charge on any atom is -0.441 e. The van der Waals surface area contributed by atoms with E-state index in [0.29, 0.717) is 51.1 Å². The number of halogens is 3. The van der Waals surface area contributed by atoms with Crippen LogP contribution < -0.4 is 5.32 Å². The molecule has 0 atom stereocenters. The number of amides is 2. The van der Waals surface area contributed by atoms with E-state index in [1.807, 2.05) is 24.3 Å². The first-order valence-corrected chi connectivity index (χ1v) is 16.1. The van der Waals surface area contributed by atoms with E-state index in [1.54, 1.807) is 4.90 Å². The fourth-order valence-electron chi connectivity index (χ4n) is 6.81. The van der Waals surface area contributed by atoms with Crippen LogP contribution in [-0.2, 0) is 30.5 Å². The van der Waals surface area contributed by atoms with E-state index in [0.717, 1.165) is 55.7 Å². The van der Waals surface area contributed by atoms with Gasteiger partial charge in [0.05, 0.1) is 12.1 Å². The Morgan fingerprint density at radius 3 is 2.11 bits per heavy atom. The van der Waals surface area contributed by atoms with Gasteiger partial charge in [-0.25, -0.2) is 4.79 Å². The van der Waals surface area contributed by atoms with E-state index in [9.17, 15) is 22.8 Å². The molecule has 3 saturated heterocycles. The maximum atomic E-state index is 13.0. The lowest BCUT2D eigenvalue weighted by molar-refractivity contribution is -0.137. The van der Waals surface area contributed by atoms with Crippen molar-refractivity contribution in [1.82, 2.24) is 20.0 Å². The van der Waals surface area contributed by atoms with Gasteiger partial charge in [-0.05, 0) is 60.7 Å². The molecule has 0 saturated carbocycles. The van der Waals surface area contributed by atoms with E-state index in [-0.39, 0.29) is 18.0 Å². The normalized spacial score (nSPS) is 19.4. The number of nitrogens with zero attached hydrogens (tertiary/aromatic N) is 3. The number of carbonyl (C=O) groups is 2. The zero-order valence-electron chi connectivity index (χ0n) is 26.2. The lowest BCUT2D eigenvalue weighted by atomic mass is 9.91. The Kier molecular flexibility index (Phi) is 9.38. The minimum absolute atomic E-state index is 0.0775. The number of likely N-dealkylation sites (tertiary alicyclic amines) is 2. The Morgan fingerprint density at radius 2 is 1.46 bits per heavy atom. The zero-order valence-corrected chi connectivity index (χ0v) is 26.2. The van der Waals surface area contributed by atoms with Crippen molar-refractivity contribution in [3.8, 4) is 0 Å². The predicted molar refractivity (Wildman–Crippen MR) is 169 cm³/mol. The summed E-state index contributed by atoms with van der Waals surface area (Å²) in [6.45, 7) is 7.76. The third kappa shape index (κ3) is 7.90. The van der Waals surface area contributed by atoms with Crippen LogP contribution in [0.5, 0.6) is 0 Å². The summed E-state index contributed by atoms with van der Waals surface area (Å²) < 4.78 is 44.5. The van der Waals surface area contributed by atoms with Crippen molar-refractivity contribution in [2.45, 2.75) is 70.1 Å². The Balaban J connectivity index is 0.939. The van der Waals surface area contributed by atoms with Gasteiger partial charge in [-0.2, -0.15) is 13.2 Å². The van der Waals surface area contributed by atoms with Crippen molar-refractivity contribution in [3.63, 3.8) is 0 Å². The third-order valence-corrected chi connectivity index (χ3v) is 9.50. The van der Waals surface area contributed by atoms with Gasteiger partial charge in [0.25, 0.3) is 5.91 Å². The Hall–Kier alpha value is -3.89. The summed E-state index contributed by atoms with van der Waals surface area (Å²) in [4.78, 5) is 32.1. The number of nitrogens with one attached hydrogen (secondary N) is 1. The topological polar surface area (TPSA) is 65.1 Å². The highest BCUT2D eigenvalue weighted by molar-refractivity contribution is 5.94. The maximum Gasteiger partial charge on any atom is 0.416 e. The molecule has 3 aromatic rings. The first-order chi connectivity index (χ1) is 22.0. The fraction of sp³-hybridized carbons (Fsp3) is 0.444. The van der Waals surface area contributed by atoms with Crippen LogP contribution in [0, 0.1) is 6.92 Å². The molecule has 0 radical (unpaired) electrons. The highest BCUT2D eigenvalue weighted by Gasteiger charge is 2.46. The predicted octanol–water partition coefficient (Wildman–Crippen LogP) is 6.40. The number of aryl methyl sites for hydroxylation is 1. The van der Waals surface area contributed by atoms with Crippen molar-refractivity contribution < 1.29 is 27.5 Å². The maximum absolute atomic E-state index is 13.0. The number of rotatable bonds is 8. The number of carbonyl (C=O) groups excluding carboxylic acids is 2. The van der Waals surface area contributed by atoms with Crippen LogP contribution >= 0.6 is 0 Å². The Labute approximate surface area is 268 Å². The number of ether oxygens (including phenoxy) is 1. The first-order valence-electron chi connectivity index (χ1n) is 16.1. The van der Waals surface area contributed by atoms with Crippen LogP contribution in [0.2, 0.25) is 0 Å². The van der Waals surface area contributed by atoms with Gasteiger partial charge in [0.2, 0.25) is 0 Å². The SMILES string of the molecule is Cc1cccc(CN2CCC(NC(=O)c3ccc(CN4CC5(CCN(Cc6ccc(C(F)(F)F)cc6)CC5)OC4=O)cc3)CC2)c1. The Bertz CT molecular complexity index is 1510. The van der Waals surface area contributed by atoms with Crippen molar-refractivity contribution in [2.75, 3.05) is 32.7 Å². The largest absolute Gasteiger partial charge is 0.441 e. The summed E-state index contributed by atoms with van der Waals surface area (Å²) in [6, 6.07) is 21.4. The quantitative estimate of drug-likeness (QED) is 0.311. The zero-order chi connectivity index (χ0) is 32.3. The first kappa shape index (κ1) is 32.1. The Morgan fingerprint density at radius 1 is 0.848 bits per heavy atom. The van der Waals surface area contributed by atoms with E-state index in [4.69, 9.17) is 4.74 Å². The summed E-state index contributed by atoms with van der Waals surface area (Å²) >= 11 is 0. The van der Waals surface area contributed by atoms with Gasteiger partial charge in [0.15, 0.2) is 0 Å². The average Bonchev–Trinajstić information content (AvgIpc) is 3.33. The number of piperidine rings is 2. The van der Waals surface area contributed by atoms with Crippen molar-refractivity contribution in [2.24, 2.45) is 0 Å². The molecule has 244 valence electrons. The second-order valence-corrected chi connectivity index (χ2v) is 13.1. The van der Waals surface area contributed by atoms with Crippen LogP contribution in [-0.4, -0.2) is 71.1 Å². The van der Waals surface area contributed by atoms with Crippen molar-refractivity contribution in [1.29, 1.82) is 0 Å². The van der Waals surface area contributed by atoms with Crippen molar-refractivity contribution >= 4 is 12.0 Å². The monoisotopic (exact) mass is 634 g/mol. The molecule has 2 amide bonds. The molecule has 6 rings (SSSR count). The minimum atomic E-state index is -4.34. The molecule has 10 heteroatoms. The van der Waals surface area contributed by atoms with Gasteiger partial charge in [0, 0.05) is 70.3 Å². The molecule has 0 unspecified atom stereocenters. The second kappa shape index (κ2) is 13.5. The van der Waals surface area contributed by atoms with Crippen LogP contribution in [0.15, 0.2) is 72.8 Å². The van der Waals surface area contributed by atoms with Gasteiger partial charge in [0.1, 0.15) is 5.60 Å². The molecule has 1 spiro atoms. The highest BCUT2D eigenvalue weighted by atomic mass is 19.4. The lowest BCUT2D eigenvalue weighted by Gasteiger charge is -2.37. The molecule has 1 N–H and O–H groups in total. The smallest absolute Gasteiger partial charge is 0.416 e. The molecule has 7 nitrogen and oxygen atoms in total. The number of hydrogen-bond acceptors (Lipinski definition) is 5. The molecule has 46 heavy (non-hydrogen) atoms. The summed E-state index contributed by atoms with van der Waals surface area (Å²) in [6.07, 6.45) is -1.51. The third-order valence-electron chi connectivity index (χ3n) is 9.50. The van der Waals surface area contributed by atoms with Crippen LogP contribution in [0.4, 0.5) is 18.0 Å². The van der Waals surface area contributed by atoms with Gasteiger partial charge in [-0.1, -0.05) is 54.1 Å². The van der Waals surface area contributed by atoms with Gasteiger partial charge >= 0.3 is 12.3 Å². The molecule has 0 aromatic heterocycles. The summed E-state index contributed by atoms with van der Waals surface area (Å²) in [5.41, 5.74) is 3.74. The number of alkyl halides is 3. The summed E-state index contributed by atoms with van der Waals surface area (Å²) in [7, 11) is 0. The van der Waals surface area contributed by atoms with Gasteiger partial charge in [-0.3, -0.25) is 19.5 Å². The van der Waals surface area contributed by atoms with Crippen molar-refractivity contribution in [3.05, 3.63) is 106 Å². The van der Waals surface area contributed by atoms with E-state index >= 15 is 0 Å². The van der Waals surface area contributed by atoms with Crippen LogP contribution in [0.25, 0.3) is 0 Å². The highest BCUT2D eigenvalue weighted by Crippen LogP contribution is 2.35. The molecular formula is C36H41F3N4O3. The molecule has 3 aromatic carbocycles. The van der Waals surface area contributed by atoms with Crippen LogP contribution in [0.1, 0.15) is 63.9 Å². The lowest BCUT2D eigenvalue weighted by Crippen LogP contribution is -2.46. The fourth-order valence-corrected chi connectivity index (χ4v) is 6.81. The van der Waals surface area contributed by atoms with Crippen LogP contribution in [0.3, 0.4) is 0 Å². The molecule has 3 heterocycles. The van der Waals surface area contributed by atoms with E-state index in [1.165, 1.54) is 23.3 Å². The number of hydrogen-bond donors (Lipinski definition) is 1. The molecule has 3 aliphatic heterocycles. The average molecular weight is 635 g/mol. The standard InChI is InChI=1S/C36H41F3N4O3/c1-26-3-2-4-29(21-26)23-41-17-13-32(14-18-41)40-33(44)30-9-5-28(6-10-30)24-43-25-35(46-34(43)45)15-19-42(20-16-35)22-27-7-11-31(12-8-27)36(37,38)39/h2-12,21,32H,13-20,22-25H2,1H3,(H,40,44). The van der Waals surface area contributed by atoms with Gasteiger partial charge in [-0.15, -0.1) is 0 Å². The second-order valence-electron chi connectivity index (χ2n) is 13.1. The van der Waals surface area contributed by atoms with E-state index < -0.39 is 17.3 Å².